The Bertz CT molecular complexity index is 950. The molecular formula is C18H20ClFN2O4S. The van der Waals surface area contributed by atoms with Gasteiger partial charge in [0.1, 0.15) is 11.6 Å². The molecule has 0 atom stereocenters. The number of nitrogens with zero attached hydrogens (tertiary/aromatic N) is 1. The number of carbonyl (C=O) groups excluding carboxylic acids is 1. The number of sulfonamides is 1. The summed E-state index contributed by atoms with van der Waals surface area (Å²) in [4.78, 5) is 12.1. The van der Waals surface area contributed by atoms with Gasteiger partial charge in [-0.15, -0.1) is 0 Å². The Kier molecular flexibility index (Phi) is 6.80. The molecule has 0 spiro atoms. The molecule has 27 heavy (non-hydrogen) atoms. The Labute approximate surface area is 162 Å². The van der Waals surface area contributed by atoms with E-state index in [9.17, 15) is 17.6 Å². The maximum Gasteiger partial charge on any atom is 0.243 e. The Balaban J connectivity index is 2.13. The minimum Gasteiger partial charge on any atom is -0.492 e. The summed E-state index contributed by atoms with van der Waals surface area (Å²) < 4.78 is 44.8. The predicted molar refractivity (Wildman–Crippen MR) is 102 cm³/mol. The lowest BCUT2D eigenvalue weighted by Crippen LogP contribution is -2.35. The molecule has 1 amide bonds. The van der Waals surface area contributed by atoms with E-state index in [4.69, 9.17) is 16.3 Å². The van der Waals surface area contributed by atoms with Crippen LogP contribution >= 0.6 is 11.6 Å². The monoisotopic (exact) mass is 414 g/mol. The average molecular weight is 415 g/mol. The van der Waals surface area contributed by atoms with Crippen LogP contribution in [0.4, 0.5) is 10.1 Å². The van der Waals surface area contributed by atoms with Crippen molar-refractivity contribution in [3.05, 3.63) is 52.8 Å². The zero-order chi connectivity index (χ0) is 20.2. The highest BCUT2D eigenvalue weighted by atomic mass is 35.5. The van der Waals surface area contributed by atoms with Crippen LogP contribution in [-0.2, 0) is 14.8 Å². The van der Waals surface area contributed by atoms with Gasteiger partial charge in [-0.3, -0.25) is 4.79 Å². The van der Waals surface area contributed by atoms with Gasteiger partial charge in [-0.05, 0) is 49.7 Å². The Morgan fingerprint density at radius 2 is 1.96 bits per heavy atom. The van der Waals surface area contributed by atoms with Crippen LogP contribution in [0.5, 0.6) is 5.75 Å². The van der Waals surface area contributed by atoms with Crippen LogP contribution in [-0.4, -0.2) is 38.8 Å². The van der Waals surface area contributed by atoms with Gasteiger partial charge in [-0.2, -0.15) is 4.31 Å². The van der Waals surface area contributed by atoms with Crippen molar-refractivity contribution < 1.29 is 22.3 Å². The molecule has 2 aromatic rings. The third-order valence-corrected chi connectivity index (χ3v) is 5.85. The summed E-state index contributed by atoms with van der Waals surface area (Å²) in [5, 5.41) is 2.67. The number of hydrogen-bond acceptors (Lipinski definition) is 4. The van der Waals surface area contributed by atoms with Crippen molar-refractivity contribution in [1.29, 1.82) is 0 Å². The van der Waals surface area contributed by atoms with Gasteiger partial charge in [0.2, 0.25) is 15.9 Å². The molecule has 0 radical (unpaired) electrons. The zero-order valence-corrected chi connectivity index (χ0v) is 16.7. The van der Waals surface area contributed by atoms with Crippen molar-refractivity contribution in [2.24, 2.45) is 0 Å². The largest absolute Gasteiger partial charge is 0.492 e. The molecule has 0 aliphatic carbocycles. The van der Waals surface area contributed by atoms with Crippen molar-refractivity contribution in [2.75, 3.05) is 25.5 Å². The fourth-order valence-corrected chi connectivity index (χ4v) is 3.75. The van der Waals surface area contributed by atoms with Crippen LogP contribution in [0.1, 0.15) is 12.5 Å². The van der Waals surface area contributed by atoms with Gasteiger partial charge in [-0.1, -0.05) is 17.7 Å². The Morgan fingerprint density at radius 1 is 1.26 bits per heavy atom. The highest BCUT2D eigenvalue weighted by Crippen LogP contribution is 2.28. The highest BCUT2D eigenvalue weighted by Gasteiger charge is 2.24. The first-order valence-corrected chi connectivity index (χ1v) is 9.91. The first-order chi connectivity index (χ1) is 12.6. The van der Waals surface area contributed by atoms with Gasteiger partial charge >= 0.3 is 0 Å². The molecule has 0 aliphatic rings. The molecule has 0 fully saturated rings. The number of halogens is 2. The highest BCUT2D eigenvalue weighted by molar-refractivity contribution is 7.89. The van der Waals surface area contributed by atoms with E-state index in [-0.39, 0.29) is 15.6 Å². The first kappa shape index (κ1) is 21.1. The van der Waals surface area contributed by atoms with E-state index >= 15 is 0 Å². The van der Waals surface area contributed by atoms with E-state index in [0.29, 0.717) is 17.9 Å². The number of likely N-dealkylation sites (N-methyl/N-ethyl adjacent to an activating group) is 1. The van der Waals surface area contributed by atoms with Gasteiger partial charge in [-0.25, -0.2) is 12.8 Å². The smallest absolute Gasteiger partial charge is 0.243 e. The van der Waals surface area contributed by atoms with Crippen molar-refractivity contribution in [3.8, 4) is 5.75 Å². The summed E-state index contributed by atoms with van der Waals surface area (Å²) in [7, 11) is -2.66. The minimum atomic E-state index is -3.94. The second-order valence-corrected chi connectivity index (χ2v) is 8.25. The van der Waals surface area contributed by atoms with Crippen molar-refractivity contribution in [2.45, 2.75) is 18.7 Å². The molecule has 0 saturated heterocycles. The fraction of sp³-hybridized carbons (Fsp3) is 0.278. The maximum atomic E-state index is 13.3. The summed E-state index contributed by atoms with van der Waals surface area (Å²) in [6, 6.07) is 8.06. The summed E-state index contributed by atoms with van der Waals surface area (Å²) in [6.07, 6.45) is 0. The van der Waals surface area contributed by atoms with Gasteiger partial charge in [0, 0.05) is 12.7 Å². The summed E-state index contributed by atoms with van der Waals surface area (Å²) in [5.74, 6) is -0.715. The molecule has 2 aromatic carbocycles. The number of benzene rings is 2. The lowest BCUT2D eigenvalue weighted by molar-refractivity contribution is -0.116. The molecule has 6 nitrogen and oxygen atoms in total. The molecule has 0 unspecified atom stereocenters. The molecule has 0 aromatic heterocycles. The number of rotatable bonds is 7. The molecule has 0 saturated carbocycles. The standard InChI is InChI=1S/C18H20ClFN2O4S/c1-4-26-17-8-7-14(10-15(17)19)27(24,25)22(3)11-18(23)21-16-9-13(20)6-5-12(16)2/h5-10H,4,11H2,1-3H3,(H,21,23). The van der Waals surface area contributed by atoms with Crippen LogP contribution in [0.25, 0.3) is 0 Å². The number of ether oxygens (including phenoxy) is 1. The fourth-order valence-electron chi connectivity index (χ4n) is 2.30. The summed E-state index contributed by atoms with van der Waals surface area (Å²) in [6.45, 7) is 3.44. The van der Waals surface area contributed by atoms with E-state index < -0.39 is 28.3 Å². The second-order valence-electron chi connectivity index (χ2n) is 5.79. The number of amides is 1. The van der Waals surface area contributed by atoms with Crippen LogP contribution < -0.4 is 10.1 Å². The van der Waals surface area contributed by atoms with Crippen LogP contribution in [0, 0.1) is 12.7 Å². The lowest BCUT2D eigenvalue weighted by Gasteiger charge is -2.18. The molecule has 146 valence electrons. The van der Waals surface area contributed by atoms with E-state index in [1.807, 2.05) is 0 Å². The number of hydrogen-bond donors (Lipinski definition) is 1. The average Bonchev–Trinajstić information content (AvgIpc) is 2.59. The quantitative estimate of drug-likeness (QED) is 0.753. The third kappa shape index (κ3) is 5.18. The first-order valence-electron chi connectivity index (χ1n) is 8.10. The topological polar surface area (TPSA) is 75.7 Å². The Morgan fingerprint density at radius 3 is 2.59 bits per heavy atom. The van der Waals surface area contributed by atoms with Gasteiger partial charge in [0.15, 0.2) is 0 Å². The summed E-state index contributed by atoms with van der Waals surface area (Å²) in [5.41, 5.74) is 0.948. The molecule has 1 N–H and O–H groups in total. The van der Waals surface area contributed by atoms with E-state index in [1.165, 1.54) is 43.4 Å². The molecule has 9 heteroatoms. The number of anilines is 1. The minimum absolute atomic E-state index is 0.0619. The second kappa shape index (κ2) is 8.69. The lowest BCUT2D eigenvalue weighted by atomic mass is 10.2. The normalized spacial score (nSPS) is 11.5. The van der Waals surface area contributed by atoms with Crippen LogP contribution in [0.3, 0.4) is 0 Å². The van der Waals surface area contributed by atoms with E-state index in [1.54, 1.807) is 13.8 Å². The molecule has 2 rings (SSSR count). The van der Waals surface area contributed by atoms with Crippen LogP contribution in [0.2, 0.25) is 5.02 Å². The summed E-state index contributed by atoms with van der Waals surface area (Å²) >= 11 is 6.04. The molecule has 0 aliphatic heterocycles. The van der Waals surface area contributed by atoms with Gasteiger partial charge < -0.3 is 10.1 Å². The zero-order valence-electron chi connectivity index (χ0n) is 15.1. The molecular weight excluding hydrogens is 395 g/mol. The Hall–Kier alpha value is -2.16. The van der Waals surface area contributed by atoms with Crippen LogP contribution in [0.15, 0.2) is 41.3 Å². The van der Waals surface area contributed by atoms with E-state index in [2.05, 4.69) is 5.32 Å². The van der Waals surface area contributed by atoms with Crippen molar-refractivity contribution in [3.63, 3.8) is 0 Å². The van der Waals surface area contributed by atoms with Gasteiger partial charge in [0.25, 0.3) is 0 Å². The molecule has 0 heterocycles. The van der Waals surface area contributed by atoms with E-state index in [0.717, 1.165) is 4.31 Å². The SMILES string of the molecule is CCOc1ccc(S(=O)(=O)N(C)CC(=O)Nc2cc(F)ccc2C)cc1Cl. The number of carbonyl (C=O) groups is 1. The van der Waals surface area contributed by atoms with Crippen molar-refractivity contribution in [1.82, 2.24) is 4.31 Å². The third-order valence-electron chi connectivity index (χ3n) is 3.75. The predicted octanol–water partition coefficient (Wildman–Crippen LogP) is 3.45. The van der Waals surface area contributed by atoms with Crippen molar-refractivity contribution >= 4 is 33.2 Å². The number of aryl methyl sites for hydroxylation is 1. The number of nitrogens with one attached hydrogen (secondary N) is 1. The molecule has 0 bridgehead atoms. The maximum absolute atomic E-state index is 13.3. The van der Waals surface area contributed by atoms with Gasteiger partial charge in [0.05, 0.1) is 23.1 Å².